The Kier molecular flexibility index (Phi) is 3.09. The second-order valence-electron chi connectivity index (χ2n) is 4.20. The molecule has 1 aliphatic rings. The summed E-state index contributed by atoms with van der Waals surface area (Å²) >= 11 is 13.9. The van der Waals surface area contributed by atoms with E-state index in [9.17, 15) is 0 Å². The maximum absolute atomic E-state index is 6.19. The zero-order valence-electron chi connectivity index (χ0n) is 9.49. The maximum atomic E-state index is 6.19. The predicted octanol–water partition coefficient (Wildman–Crippen LogP) is 3.59. The van der Waals surface area contributed by atoms with E-state index < -0.39 is 0 Å². The summed E-state index contributed by atoms with van der Waals surface area (Å²) in [6.07, 6.45) is 1.02. The molecule has 0 unspecified atom stereocenters. The molecular weight excluding hydrogens is 289 g/mol. The molecule has 3 nitrogen and oxygen atoms in total. The second-order valence-corrected chi connectivity index (χ2v) is 6.02. The van der Waals surface area contributed by atoms with E-state index in [2.05, 4.69) is 21.3 Å². The smallest absolute Gasteiger partial charge is 0.150 e. The minimum atomic E-state index is 0.326. The lowest BCUT2D eigenvalue weighted by Gasteiger charge is -2.28. The fourth-order valence-corrected chi connectivity index (χ4v) is 3.49. The lowest BCUT2D eigenvalue weighted by molar-refractivity contribution is 0.733. The van der Waals surface area contributed by atoms with Crippen molar-refractivity contribution in [1.82, 2.24) is 4.98 Å². The Hall–Kier alpha value is -0.970. The number of rotatable bonds is 1. The van der Waals surface area contributed by atoms with E-state index >= 15 is 0 Å². The fraction of sp³-hybridized carbons (Fsp3) is 0.250. The zero-order chi connectivity index (χ0) is 12.7. The van der Waals surface area contributed by atoms with E-state index in [-0.39, 0.29) is 0 Å². The maximum Gasteiger partial charge on any atom is 0.150 e. The molecule has 1 aliphatic heterocycles. The third-order valence-electron chi connectivity index (χ3n) is 3.05. The molecule has 6 heteroatoms. The molecule has 0 amide bonds. The van der Waals surface area contributed by atoms with Gasteiger partial charge in [-0.3, -0.25) is 0 Å². The van der Waals surface area contributed by atoms with Crippen molar-refractivity contribution >= 4 is 46.2 Å². The van der Waals surface area contributed by atoms with Crippen LogP contribution in [0.4, 0.5) is 11.6 Å². The molecule has 0 radical (unpaired) electrons. The van der Waals surface area contributed by atoms with Gasteiger partial charge in [0.05, 0.1) is 10.0 Å². The van der Waals surface area contributed by atoms with E-state index in [0.717, 1.165) is 25.3 Å². The SMILES string of the molecule is Nc1nc(N2CCc3sccc3C2)c(Cl)cc1Cl. The van der Waals surface area contributed by atoms with Crippen molar-refractivity contribution in [2.45, 2.75) is 13.0 Å². The number of fused-ring (bicyclic) bond motifs is 1. The van der Waals surface area contributed by atoms with Crippen LogP contribution in [0.3, 0.4) is 0 Å². The van der Waals surface area contributed by atoms with E-state index in [1.54, 1.807) is 17.4 Å². The van der Waals surface area contributed by atoms with Crippen LogP contribution in [-0.2, 0) is 13.0 Å². The van der Waals surface area contributed by atoms with E-state index in [4.69, 9.17) is 28.9 Å². The van der Waals surface area contributed by atoms with Crippen LogP contribution < -0.4 is 10.6 Å². The summed E-state index contributed by atoms with van der Waals surface area (Å²) in [6, 6.07) is 3.81. The Morgan fingerprint density at radius 1 is 1.33 bits per heavy atom. The lowest BCUT2D eigenvalue weighted by Crippen LogP contribution is -2.30. The summed E-state index contributed by atoms with van der Waals surface area (Å²) in [5, 5.41) is 3.07. The van der Waals surface area contributed by atoms with E-state index in [1.165, 1.54) is 10.4 Å². The summed E-state index contributed by atoms with van der Waals surface area (Å²) in [4.78, 5) is 7.89. The molecule has 18 heavy (non-hydrogen) atoms. The topological polar surface area (TPSA) is 42.1 Å². The number of anilines is 2. The van der Waals surface area contributed by atoms with Gasteiger partial charge in [0.25, 0.3) is 0 Å². The summed E-state index contributed by atoms with van der Waals surface area (Å²) in [6.45, 7) is 1.73. The summed E-state index contributed by atoms with van der Waals surface area (Å²) in [5.41, 5.74) is 7.09. The molecule has 2 N–H and O–H groups in total. The first-order chi connectivity index (χ1) is 8.65. The number of aromatic nitrogens is 1. The van der Waals surface area contributed by atoms with Crippen LogP contribution in [0.2, 0.25) is 10.0 Å². The molecule has 3 heterocycles. The van der Waals surface area contributed by atoms with Gasteiger partial charge < -0.3 is 10.6 Å². The van der Waals surface area contributed by atoms with Gasteiger partial charge in [0.1, 0.15) is 11.6 Å². The van der Waals surface area contributed by atoms with Gasteiger partial charge in [-0.2, -0.15) is 0 Å². The monoisotopic (exact) mass is 299 g/mol. The van der Waals surface area contributed by atoms with Crippen LogP contribution in [-0.4, -0.2) is 11.5 Å². The zero-order valence-corrected chi connectivity index (χ0v) is 11.8. The Labute approximate surface area is 119 Å². The van der Waals surface area contributed by atoms with Crippen molar-refractivity contribution in [1.29, 1.82) is 0 Å². The number of halogens is 2. The third kappa shape index (κ3) is 2.05. The fourth-order valence-electron chi connectivity index (χ4n) is 2.12. The van der Waals surface area contributed by atoms with Crippen molar-refractivity contribution in [2.75, 3.05) is 17.2 Å². The van der Waals surface area contributed by atoms with Gasteiger partial charge in [-0.25, -0.2) is 4.98 Å². The predicted molar refractivity (Wildman–Crippen MR) is 77.7 cm³/mol. The minimum Gasteiger partial charge on any atom is -0.382 e. The van der Waals surface area contributed by atoms with Crippen LogP contribution in [0.15, 0.2) is 17.5 Å². The Balaban J connectivity index is 1.95. The van der Waals surface area contributed by atoms with Crippen molar-refractivity contribution in [3.63, 3.8) is 0 Å². The number of pyridine rings is 1. The van der Waals surface area contributed by atoms with Gasteiger partial charge in [-0.05, 0) is 29.5 Å². The van der Waals surface area contributed by atoms with Gasteiger partial charge >= 0.3 is 0 Å². The van der Waals surface area contributed by atoms with Crippen LogP contribution in [0, 0.1) is 0 Å². The number of hydrogen-bond acceptors (Lipinski definition) is 4. The van der Waals surface area contributed by atoms with Crippen molar-refractivity contribution < 1.29 is 0 Å². The third-order valence-corrected chi connectivity index (χ3v) is 4.65. The first kappa shape index (κ1) is 12.1. The van der Waals surface area contributed by atoms with Gasteiger partial charge in [0.2, 0.25) is 0 Å². The molecular formula is C12H11Cl2N3S. The quantitative estimate of drug-likeness (QED) is 0.875. The van der Waals surface area contributed by atoms with E-state index in [1.807, 2.05) is 0 Å². The minimum absolute atomic E-state index is 0.326. The van der Waals surface area contributed by atoms with Gasteiger partial charge in [-0.15, -0.1) is 11.3 Å². The van der Waals surface area contributed by atoms with Crippen molar-refractivity contribution in [2.24, 2.45) is 0 Å². The van der Waals surface area contributed by atoms with Crippen molar-refractivity contribution in [3.8, 4) is 0 Å². The average molecular weight is 300 g/mol. The number of nitrogens with zero attached hydrogens (tertiary/aromatic N) is 2. The Morgan fingerprint density at radius 3 is 3.00 bits per heavy atom. The molecule has 0 fully saturated rings. The first-order valence-electron chi connectivity index (χ1n) is 5.57. The van der Waals surface area contributed by atoms with Crippen molar-refractivity contribution in [3.05, 3.63) is 38.0 Å². The number of thiophene rings is 1. The molecule has 0 saturated heterocycles. The average Bonchev–Trinajstić information content (AvgIpc) is 2.80. The summed E-state index contributed by atoms with van der Waals surface area (Å²) in [5.74, 6) is 1.04. The molecule has 2 aromatic rings. The van der Waals surface area contributed by atoms with Gasteiger partial charge in [-0.1, -0.05) is 23.2 Å². The van der Waals surface area contributed by atoms with Crippen LogP contribution >= 0.6 is 34.5 Å². The van der Waals surface area contributed by atoms with Gasteiger partial charge in [0, 0.05) is 18.0 Å². The second kappa shape index (κ2) is 4.61. The highest BCUT2D eigenvalue weighted by Gasteiger charge is 2.21. The number of nitrogens with two attached hydrogens (primary N) is 1. The first-order valence-corrected chi connectivity index (χ1v) is 7.20. The molecule has 0 bridgehead atoms. The molecule has 0 aliphatic carbocycles. The van der Waals surface area contributed by atoms with Gasteiger partial charge in [0.15, 0.2) is 0 Å². The summed E-state index contributed by atoms with van der Waals surface area (Å²) < 4.78 is 0. The lowest BCUT2D eigenvalue weighted by atomic mass is 10.1. The van der Waals surface area contributed by atoms with Crippen LogP contribution in [0.25, 0.3) is 0 Å². The molecule has 2 aromatic heterocycles. The van der Waals surface area contributed by atoms with Crippen LogP contribution in [0.1, 0.15) is 10.4 Å². The highest BCUT2D eigenvalue weighted by molar-refractivity contribution is 7.10. The normalized spacial score (nSPS) is 14.7. The summed E-state index contributed by atoms with van der Waals surface area (Å²) in [7, 11) is 0. The molecule has 0 atom stereocenters. The Morgan fingerprint density at radius 2 is 2.17 bits per heavy atom. The van der Waals surface area contributed by atoms with E-state index in [0.29, 0.717) is 15.9 Å². The molecule has 0 aromatic carbocycles. The highest BCUT2D eigenvalue weighted by Crippen LogP contribution is 2.33. The number of nitrogen functional groups attached to an aromatic ring is 1. The molecule has 0 spiro atoms. The highest BCUT2D eigenvalue weighted by atomic mass is 35.5. The Bertz CT molecular complexity index is 597. The molecule has 3 rings (SSSR count). The molecule has 94 valence electrons. The largest absolute Gasteiger partial charge is 0.382 e. The molecule has 0 saturated carbocycles. The standard InChI is InChI=1S/C12H11Cl2N3S/c13-8-5-9(14)12(16-11(8)15)17-3-1-10-7(6-17)2-4-18-10/h2,4-5H,1,3,6H2,(H2,15,16). The number of hydrogen-bond donors (Lipinski definition) is 1. The van der Waals surface area contributed by atoms with Crippen LogP contribution in [0.5, 0.6) is 0 Å².